The van der Waals surface area contributed by atoms with Crippen LogP contribution in [0.1, 0.15) is 55.8 Å². The van der Waals surface area contributed by atoms with E-state index in [1.54, 1.807) is 64.1 Å². The number of carbonyl (C=O) groups excluding carboxylic acids is 4. The molecule has 0 atom stereocenters. The van der Waals surface area contributed by atoms with Gasteiger partial charge in [-0.2, -0.15) is 0 Å². The lowest BCUT2D eigenvalue weighted by Gasteiger charge is -2.08. The Morgan fingerprint density at radius 3 is 1.22 bits per heavy atom. The second-order valence-corrected chi connectivity index (χ2v) is 7.48. The van der Waals surface area contributed by atoms with Crippen LogP contribution >= 0.6 is 0 Å². The van der Waals surface area contributed by atoms with Crippen LogP contribution in [0, 0.1) is 27.7 Å². The Morgan fingerprint density at radius 2 is 0.889 bits per heavy atom. The standard InChI is InChI=1S/C24H26O12/c1-15-9-7-10-16(2)19(15)21(25)31-35-33-23(27)29-13-5-6-14-30-24(28)34-36-32-22(26)20-17(3)11-8-12-18(20)4/h7-12H,5-6,13-14H2,1-4H3. The number of hydrogen-bond acceptors (Lipinski definition) is 12. The first-order valence-electron chi connectivity index (χ1n) is 10.8. The minimum atomic E-state index is -1.23. The van der Waals surface area contributed by atoms with Crippen molar-refractivity contribution in [2.45, 2.75) is 40.5 Å². The van der Waals surface area contributed by atoms with Gasteiger partial charge in [0.15, 0.2) is 0 Å². The molecule has 0 unspecified atom stereocenters. The van der Waals surface area contributed by atoms with Crippen LogP contribution in [0.4, 0.5) is 9.59 Å². The third-order valence-corrected chi connectivity index (χ3v) is 4.77. The van der Waals surface area contributed by atoms with E-state index in [1.807, 2.05) is 0 Å². The number of aryl methyl sites for hydroxylation is 4. The van der Waals surface area contributed by atoms with Gasteiger partial charge in [-0.1, -0.05) is 36.4 Å². The molecule has 0 radical (unpaired) electrons. The molecule has 36 heavy (non-hydrogen) atoms. The molecule has 0 spiro atoms. The molecule has 0 aliphatic rings. The maximum Gasteiger partial charge on any atom is 0.543 e. The summed E-state index contributed by atoms with van der Waals surface area (Å²) in [5, 5.41) is 8.33. The fourth-order valence-corrected chi connectivity index (χ4v) is 3.07. The van der Waals surface area contributed by atoms with Crippen LogP contribution in [-0.4, -0.2) is 37.5 Å². The number of unbranched alkanes of at least 4 members (excludes halogenated alkanes) is 1. The molecule has 0 aliphatic carbocycles. The molecule has 12 heteroatoms. The van der Waals surface area contributed by atoms with Crippen LogP contribution in [0.25, 0.3) is 0 Å². The van der Waals surface area contributed by atoms with Gasteiger partial charge in [-0.15, -0.1) is 0 Å². The van der Waals surface area contributed by atoms with Crippen LogP contribution < -0.4 is 0 Å². The summed E-state index contributed by atoms with van der Waals surface area (Å²) in [6, 6.07) is 10.4. The Bertz CT molecular complexity index is 953. The first kappa shape index (κ1) is 28.1. The highest BCUT2D eigenvalue weighted by Gasteiger charge is 2.18. The Kier molecular flexibility index (Phi) is 11.1. The van der Waals surface area contributed by atoms with Gasteiger partial charge < -0.3 is 9.47 Å². The van der Waals surface area contributed by atoms with Gasteiger partial charge in [0.1, 0.15) is 0 Å². The van der Waals surface area contributed by atoms with Gasteiger partial charge in [0.25, 0.3) is 0 Å². The summed E-state index contributed by atoms with van der Waals surface area (Å²) < 4.78 is 9.41. The minimum absolute atomic E-state index is 0.102. The average molecular weight is 506 g/mol. The Morgan fingerprint density at radius 1 is 0.556 bits per heavy atom. The molecule has 0 N–H and O–H groups in total. The Labute approximate surface area is 206 Å². The molecule has 12 nitrogen and oxygen atoms in total. The van der Waals surface area contributed by atoms with Crippen LogP contribution in [0.5, 0.6) is 0 Å². The maximum atomic E-state index is 12.0. The van der Waals surface area contributed by atoms with E-state index in [9.17, 15) is 19.2 Å². The number of hydrogen-bond donors (Lipinski definition) is 0. The molecule has 0 bridgehead atoms. The fraction of sp³-hybridized carbons (Fsp3) is 0.333. The predicted octanol–water partition coefficient (Wildman–Crippen LogP) is 4.71. The molecule has 2 aromatic carbocycles. The van der Waals surface area contributed by atoms with Gasteiger partial charge in [0.2, 0.25) is 0 Å². The first-order valence-corrected chi connectivity index (χ1v) is 10.8. The van der Waals surface area contributed by atoms with E-state index >= 15 is 0 Å². The van der Waals surface area contributed by atoms with E-state index < -0.39 is 24.2 Å². The van der Waals surface area contributed by atoms with Crippen molar-refractivity contribution in [3.8, 4) is 0 Å². The van der Waals surface area contributed by atoms with Crippen molar-refractivity contribution in [1.29, 1.82) is 0 Å². The number of rotatable bonds is 11. The van der Waals surface area contributed by atoms with Gasteiger partial charge in [-0.05, 0) is 62.8 Å². The second kappa shape index (κ2) is 14.3. The highest BCUT2D eigenvalue weighted by atomic mass is 17.5. The van der Waals surface area contributed by atoms with E-state index in [2.05, 4.69) is 29.6 Å². The third-order valence-electron chi connectivity index (χ3n) is 4.77. The number of carbonyl (C=O) groups is 4. The molecule has 0 heterocycles. The largest absolute Gasteiger partial charge is 0.543 e. The van der Waals surface area contributed by atoms with E-state index in [1.165, 1.54) is 0 Å². The zero-order valence-corrected chi connectivity index (χ0v) is 20.2. The molecule has 0 saturated carbocycles. The van der Waals surface area contributed by atoms with Crippen LogP contribution in [0.3, 0.4) is 0 Å². The van der Waals surface area contributed by atoms with E-state index in [0.717, 1.165) is 0 Å². The molecule has 194 valence electrons. The molecule has 0 fully saturated rings. The van der Waals surface area contributed by atoms with Crippen LogP contribution in [0.15, 0.2) is 36.4 Å². The maximum absolute atomic E-state index is 12.0. The van der Waals surface area contributed by atoms with Gasteiger partial charge in [0, 0.05) is 0 Å². The molecule has 0 aromatic heterocycles. The zero-order chi connectivity index (χ0) is 26.5. The monoisotopic (exact) mass is 506 g/mol. The SMILES string of the molecule is Cc1cccc(C)c1C(=O)OOOC(=O)OCCCCOC(=O)OOOC(=O)c1c(C)cccc1C. The van der Waals surface area contributed by atoms with Gasteiger partial charge in [-0.3, -0.25) is 9.78 Å². The summed E-state index contributed by atoms with van der Waals surface area (Å²) in [6.07, 6.45) is -1.90. The van der Waals surface area contributed by atoms with E-state index in [0.29, 0.717) is 22.3 Å². The summed E-state index contributed by atoms with van der Waals surface area (Å²) in [5.41, 5.74) is 3.25. The van der Waals surface area contributed by atoms with Crippen molar-refractivity contribution in [2.75, 3.05) is 13.2 Å². The average Bonchev–Trinajstić information content (AvgIpc) is 2.81. The molecular formula is C24H26O12. The summed E-state index contributed by atoms with van der Waals surface area (Å²) in [4.78, 5) is 64.1. The van der Waals surface area contributed by atoms with Crippen molar-refractivity contribution in [1.82, 2.24) is 0 Å². The zero-order valence-electron chi connectivity index (χ0n) is 20.2. The van der Waals surface area contributed by atoms with E-state index in [-0.39, 0.29) is 37.2 Å². The van der Waals surface area contributed by atoms with E-state index in [4.69, 9.17) is 9.47 Å². The third kappa shape index (κ3) is 8.89. The topological polar surface area (TPSA) is 142 Å². The van der Waals surface area contributed by atoms with Crippen molar-refractivity contribution in [3.05, 3.63) is 69.8 Å². The lowest BCUT2D eigenvalue weighted by Crippen LogP contribution is -2.15. The highest BCUT2D eigenvalue weighted by molar-refractivity contribution is 5.92. The van der Waals surface area contributed by atoms with Crippen molar-refractivity contribution in [2.24, 2.45) is 0 Å². The smallest absolute Gasteiger partial charge is 0.432 e. The molecule has 2 rings (SSSR count). The second-order valence-electron chi connectivity index (χ2n) is 7.48. The lowest BCUT2D eigenvalue weighted by atomic mass is 10.0. The first-order chi connectivity index (χ1) is 17.2. The highest BCUT2D eigenvalue weighted by Crippen LogP contribution is 2.15. The van der Waals surface area contributed by atoms with Crippen LogP contribution in [0.2, 0.25) is 0 Å². The molecular weight excluding hydrogens is 480 g/mol. The predicted molar refractivity (Wildman–Crippen MR) is 119 cm³/mol. The van der Waals surface area contributed by atoms with Gasteiger partial charge >= 0.3 is 24.2 Å². The summed E-state index contributed by atoms with van der Waals surface area (Å²) in [7, 11) is 0. The normalized spacial score (nSPS) is 10.2. The fourth-order valence-electron chi connectivity index (χ4n) is 3.07. The summed E-state index contributed by atoms with van der Waals surface area (Å²) in [6.45, 7) is 6.67. The molecule has 0 amide bonds. The van der Waals surface area contributed by atoms with Crippen LogP contribution in [-0.2, 0) is 39.1 Å². The minimum Gasteiger partial charge on any atom is -0.432 e. The summed E-state index contributed by atoms with van der Waals surface area (Å²) in [5.74, 6) is -1.65. The van der Waals surface area contributed by atoms with Crippen molar-refractivity contribution >= 4 is 24.2 Å². The molecule has 0 aliphatic heterocycles. The quantitative estimate of drug-likeness (QED) is 0.180. The van der Waals surface area contributed by atoms with Crippen molar-refractivity contribution < 1.29 is 58.3 Å². The Balaban J connectivity index is 1.51. The summed E-state index contributed by atoms with van der Waals surface area (Å²) >= 11 is 0. The van der Waals surface area contributed by atoms with Gasteiger partial charge in [0.05, 0.1) is 34.4 Å². The van der Waals surface area contributed by atoms with Crippen molar-refractivity contribution in [3.63, 3.8) is 0 Å². The van der Waals surface area contributed by atoms with Gasteiger partial charge in [-0.25, -0.2) is 29.0 Å². The lowest BCUT2D eigenvalue weighted by molar-refractivity contribution is -0.452. The number of benzene rings is 2. The number of ether oxygens (including phenoxy) is 2. The Hall–Kier alpha value is -4.16. The molecule has 2 aromatic rings. The molecule has 0 saturated heterocycles.